The lowest BCUT2D eigenvalue weighted by Crippen LogP contribution is -2.63. The monoisotopic (exact) mass is 1200 g/mol. The van der Waals surface area contributed by atoms with Gasteiger partial charge in [0, 0.05) is 61.7 Å². The SMILES string of the molecule is C/C=C/C[C@@H](C)[C@@H](O)[C@H]1C(=O)N[C@@H](CC)C(=O)N(C)CC(=O)N(C)[C@@H](CC(C)C)C(=O)C[C@@H](C(C)C)C(=O)N(C)C(CC(C)C)C(=O)N[C@@H](C)C(=O)N[C@H](C)C(=O)N(C)[C@@H](CC(C)C)C(=O)N(C)C(CC(C)C)C(=O)N(C)C(C(C)C)C(=O)N1C. The summed E-state index contributed by atoms with van der Waals surface area (Å²) in [5, 5.41) is 20.3. The predicted octanol–water partition coefficient (Wildman–Crippen LogP) is 4.36. The number of carbonyl (C=O) groups is 11. The highest BCUT2D eigenvalue weighted by Gasteiger charge is 2.45. The first-order valence-electron chi connectivity index (χ1n) is 30.8. The molecule has 22 heteroatoms. The first kappa shape index (κ1) is 77.1. The number of hydrogen-bond acceptors (Lipinski definition) is 12. The van der Waals surface area contributed by atoms with Gasteiger partial charge in [0.15, 0.2) is 5.78 Å². The Morgan fingerprint density at radius 2 is 0.918 bits per heavy atom. The number of allylic oxidation sites excluding steroid dienone is 2. The number of rotatable bonds is 15. The molecule has 1 heterocycles. The van der Waals surface area contributed by atoms with Gasteiger partial charge in [0.25, 0.3) is 0 Å². The molecular weight excluding hydrogens is 1090 g/mol. The quantitative estimate of drug-likeness (QED) is 0.167. The van der Waals surface area contributed by atoms with E-state index in [2.05, 4.69) is 16.0 Å². The average Bonchev–Trinajstić information content (AvgIpc) is 3.62. The molecule has 0 spiro atoms. The number of aliphatic hydroxyl groups is 1. The largest absolute Gasteiger partial charge is 0.390 e. The van der Waals surface area contributed by atoms with Crippen molar-refractivity contribution in [1.29, 1.82) is 0 Å². The maximum absolute atomic E-state index is 15.1. The van der Waals surface area contributed by atoms with E-state index in [0.29, 0.717) is 6.42 Å². The number of amides is 10. The van der Waals surface area contributed by atoms with Crippen molar-refractivity contribution in [3.05, 3.63) is 12.2 Å². The van der Waals surface area contributed by atoms with Crippen LogP contribution < -0.4 is 16.0 Å². The summed E-state index contributed by atoms with van der Waals surface area (Å²) < 4.78 is 0. The van der Waals surface area contributed by atoms with Gasteiger partial charge in [-0.15, -0.1) is 0 Å². The highest BCUT2D eigenvalue weighted by atomic mass is 16.3. The predicted molar refractivity (Wildman–Crippen MR) is 330 cm³/mol. The molecule has 1 aliphatic rings. The maximum Gasteiger partial charge on any atom is 0.246 e. The fraction of sp³-hybridized carbons (Fsp3) is 0.794. The Kier molecular flexibility index (Phi) is 31.8. The second kappa shape index (κ2) is 35.0. The van der Waals surface area contributed by atoms with E-state index in [4.69, 9.17) is 0 Å². The molecule has 1 rings (SSSR count). The van der Waals surface area contributed by atoms with Crippen molar-refractivity contribution in [1.82, 2.24) is 50.2 Å². The topological polar surface area (TPSA) is 267 Å². The van der Waals surface area contributed by atoms with E-state index < -0.39 is 156 Å². The van der Waals surface area contributed by atoms with Crippen molar-refractivity contribution in [3.63, 3.8) is 0 Å². The van der Waals surface area contributed by atoms with E-state index in [1.165, 1.54) is 87.7 Å². The summed E-state index contributed by atoms with van der Waals surface area (Å²) in [6.07, 6.45) is 2.88. The Labute approximate surface area is 509 Å². The third-order valence-electron chi connectivity index (χ3n) is 16.5. The van der Waals surface area contributed by atoms with Crippen LogP contribution in [0.5, 0.6) is 0 Å². The molecule has 0 radical (unpaired) electrons. The average molecular weight is 1200 g/mol. The van der Waals surface area contributed by atoms with Crippen molar-refractivity contribution in [2.75, 3.05) is 55.9 Å². The summed E-state index contributed by atoms with van der Waals surface area (Å²) in [7, 11) is 10.0. The van der Waals surface area contributed by atoms with Crippen LogP contribution in [0.25, 0.3) is 0 Å². The second-order valence-electron chi connectivity index (χ2n) is 26.4. The molecule has 1 aliphatic heterocycles. The van der Waals surface area contributed by atoms with Gasteiger partial charge >= 0.3 is 0 Å². The molecular formula is C63H112N10O12. The first-order valence-corrected chi connectivity index (χ1v) is 30.8. The molecule has 22 nitrogen and oxygen atoms in total. The van der Waals surface area contributed by atoms with E-state index >= 15 is 9.59 Å². The molecule has 1 fully saturated rings. The van der Waals surface area contributed by atoms with Crippen molar-refractivity contribution >= 4 is 64.9 Å². The molecule has 10 amide bonds. The van der Waals surface area contributed by atoms with Gasteiger partial charge in [-0.1, -0.05) is 109 Å². The fourth-order valence-corrected chi connectivity index (χ4v) is 11.0. The summed E-state index contributed by atoms with van der Waals surface area (Å²) in [6.45, 7) is 29.6. The molecule has 0 aromatic carbocycles. The molecule has 3 unspecified atom stereocenters. The van der Waals surface area contributed by atoms with Gasteiger partial charge in [-0.25, -0.2) is 0 Å². The first-order chi connectivity index (χ1) is 39.2. The fourth-order valence-electron chi connectivity index (χ4n) is 11.0. The van der Waals surface area contributed by atoms with E-state index in [1.54, 1.807) is 54.5 Å². The van der Waals surface area contributed by atoms with E-state index in [1.807, 2.05) is 61.5 Å². The smallest absolute Gasteiger partial charge is 0.246 e. The number of aliphatic hydroxyl groups excluding tert-OH is 1. The summed E-state index contributed by atoms with van der Waals surface area (Å²) in [6, 6.07) is -10.9. The lowest BCUT2D eigenvalue weighted by atomic mass is 9.85. The van der Waals surface area contributed by atoms with Crippen molar-refractivity contribution in [3.8, 4) is 0 Å². The van der Waals surface area contributed by atoms with Gasteiger partial charge in [0.1, 0.15) is 48.3 Å². The van der Waals surface area contributed by atoms with Crippen LogP contribution in [-0.4, -0.2) is 221 Å². The lowest BCUT2D eigenvalue weighted by molar-refractivity contribution is -0.157. The van der Waals surface area contributed by atoms with Gasteiger partial charge < -0.3 is 55.4 Å². The zero-order valence-electron chi connectivity index (χ0n) is 56.3. The summed E-state index contributed by atoms with van der Waals surface area (Å²) >= 11 is 0. The highest BCUT2D eigenvalue weighted by molar-refractivity contribution is 5.99. The molecule has 486 valence electrons. The third-order valence-corrected chi connectivity index (χ3v) is 16.5. The van der Waals surface area contributed by atoms with Gasteiger partial charge in [0.2, 0.25) is 59.1 Å². The maximum atomic E-state index is 15.1. The van der Waals surface area contributed by atoms with Crippen LogP contribution in [0.4, 0.5) is 0 Å². The van der Waals surface area contributed by atoms with E-state index in [-0.39, 0.29) is 62.2 Å². The van der Waals surface area contributed by atoms with Crippen LogP contribution in [-0.2, 0) is 52.7 Å². The summed E-state index contributed by atoms with van der Waals surface area (Å²) in [4.78, 5) is 169. The molecule has 0 aliphatic carbocycles. The van der Waals surface area contributed by atoms with Gasteiger partial charge in [-0.3, -0.25) is 52.7 Å². The molecule has 4 N–H and O–H groups in total. The highest BCUT2D eigenvalue weighted by Crippen LogP contribution is 2.27. The molecule has 85 heavy (non-hydrogen) atoms. The Bertz CT molecular complexity index is 2320. The zero-order valence-corrected chi connectivity index (χ0v) is 56.3. The van der Waals surface area contributed by atoms with Crippen LogP contribution >= 0.6 is 0 Å². The standard InChI is InChI=1S/C63H112N10O12/c1-25-27-28-41(15)54(76)53-57(79)66-45(26-2)60(82)67(18)34-51(75)68(19)46(29-35(3)4)50(74)33-44(39(11)12)59(81)69(20)47(30-36(5)6)56(78)64-42(16)55(77)65-43(17)58(80)70(21)48(31-37(7)8)61(83)71(22)49(32-38(9)10)62(84)72(23)52(40(13)14)63(85)73(53)24/h25,27,35-49,52-54,76H,26,28-34H2,1-24H3,(H,64,78)(H,65,77)(H,66,79)/b27-25+/t41-,42+,43-,44+,45+,46+,47?,48+,49?,52?,53+,54-/m1/s1. The molecule has 0 aromatic rings. The van der Waals surface area contributed by atoms with E-state index in [0.717, 1.165) is 9.80 Å². The Hall–Kier alpha value is -5.93. The number of ketones is 1. The second-order valence-corrected chi connectivity index (χ2v) is 26.4. The Balaban J connectivity index is 4.32. The van der Waals surface area contributed by atoms with Crippen molar-refractivity contribution < 1.29 is 57.8 Å². The summed E-state index contributed by atoms with van der Waals surface area (Å²) in [5.74, 6) is -9.97. The molecule has 0 aromatic heterocycles. The van der Waals surface area contributed by atoms with Gasteiger partial charge in [0.05, 0.1) is 18.7 Å². The minimum atomic E-state index is -1.60. The number of hydrogen-bond donors (Lipinski definition) is 4. The lowest BCUT2D eigenvalue weighted by Gasteiger charge is -2.41. The number of likely N-dealkylation sites (N-methyl/N-ethyl adjacent to an activating group) is 7. The van der Waals surface area contributed by atoms with E-state index in [9.17, 15) is 48.3 Å². The van der Waals surface area contributed by atoms with Gasteiger partial charge in [-0.05, 0) is 101 Å². The minimum absolute atomic E-state index is 0.0329. The number of carbonyl (C=O) groups excluding carboxylic acids is 11. The molecule has 0 saturated carbocycles. The van der Waals surface area contributed by atoms with Crippen molar-refractivity contribution in [2.45, 2.75) is 223 Å². The molecule has 12 atom stereocenters. The Morgan fingerprint density at radius 1 is 0.482 bits per heavy atom. The zero-order chi connectivity index (χ0) is 66.0. The van der Waals surface area contributed by atoms with Crippen LogP contribution in [0.1, 0.15) is 163 Å². The van der Waals surface area contributed by atoms with Crippen LogP contribution in [0.2, 0.25) is 0 Å². The number of nitrogens with one attached hydrogen (secondary N) is 3. The van der Waals surface area contributed by atoms with Crippen LogP contribution in [0, 0.1) is 47.3 Å². The van der Waals surface area contributed by atoms with Crippen LogP contribution in [0.3, 0.4) is 0 Å². The number of nitrogens with zero attached hydrogens (tertiary/aromatic N) is 7. The third kappa shape index (κ3) is 21.8. The van der Waals surface area contributed by atoms with Gasteiger partial charge in [-0.2, -0.15) is 0 Å². The minimum Gasteiger partial charge on any atom is -0.390 e. The van der Waals surface area contributed by atoms with Crippen LogP contribution in [0.15, 0.2) is 12.2 Å². The molecule has 1 saturated heterocycles. The van der Waals surface area contributed by atoms with Crippen molar-refractivity contribution in [2.24, 2.45) is 47.3 Å². The summed E-state index contributed by atoms with van der Waals surface area (Å²) in [5.41, 5.74) is 0. The molecule has 0 bridgehead atoms. The number of Topliss-reactive ketones (excluding diaryl/α,β-unsaturated/α-hetero) is 1. The normalized spacial score (nSPS) is 27.0. The Morgan fingerprint density at radius 3 is 1.38 bits per heavy atom.